The summed E-state index contributed by atoms with van der Waals surface area (Å²) >= 11 is 1.67. The lowest BCUT2D eigenvalue weighted by Crippen LogP contribution is -1.77. The third-order valence-corrected chi connectivity index (χ3v) is 3.22. The van der Waals surface area contributed by atoms with Crippen molar-refractivity contribution in [3.63, 3.8) is 0 Å². The Kier molecular flexibility index (Phi) is 12.4. The molecule has 16 heavy (non-hydrogen) atoms. The van der Waals surface area contributed by atoms with E-state index in [0.717, 1.165) is 5.01 Å². The van der Waals surface area contributed by atoms with Gasteiger partial charge in [-0.3, -0.25) is 4.98 Å². The highest BCUT2D eigenvalue weighted by Gasteiger charge is 1.87. The predicted octanol–water partition coefficient (Wildman–Crippen LogP) is 5.60. The van der Waals surface area contributed by atoms with Gasteiger partial charge in [-0.15, -0.1) is 11.3 Å². The second-order valence-corrected chi connectivity index (χ2v) is 5.27. The second kappa shape index (κ2) is 12.7. The molecule has 0 amide bonds. The van der Waals surface area contributed by atoms with Crippen molar-refractivity contribution >= 4 is 11.3 Å². The van der Waals surface area contributed by atoms with Crippen molar-refractivity contribution in [3.05, 3.63) is 16.6 Å². The maximum atomic E-state index is 3.94. The van der Waals surface area contributed by atoms with E-state index in [-0.39, 0.29) is 0 Å². The van der Waals surface area contributed by atoms with Crippen molar-refractivity contribution in [1.82, 2.24) is 4.98 Å². The molecule has 0 aliphatic carbocycles. The van der Waals surface area contributed by atoms with Crippen LogP contribution in [0.5, 0.6) is 0 Å². The fraction of sp³-hybridized carbons (Fsp3) is 0.786. The molecule has 94 valence electrons. The van der Waals surface area contributed by atoms with Gasteiger partial charge in [0.25, 0.3) is 0 Å². The molecule has 0 aliphatic rings. The first-order valence-electron chi connectivity index (χ1n) is 6.67. The molecular weight excluding hydrogens is 214 g/mol. The summed E-state index contributed by atoms with van der Waals surface area (Å²) < 4.78 is 0. The molecule has 0 saturated heterocycles. The molecule has 1 heterocycles. The average Bonchev–Trinajstić information content (AvgIpc) is 2.75. The van der Waals surface area contributed by atoms with E-state index in [0.29, 0.717) is 0 Å². The molecule has 0 aliphatic heterocycles. The molecule has 2 heteroatoms. The summed E-state index contributed by atoms with van der Waals surface area (Å²) in [5, 5.41) is 3.10. The van der Waals surface area contributed by atoms with Crippen LogP contribution in [0.25, 0.3) is 0 Å². The third-order valence-electron chi connectivity index (χ3n) is 2.51. The summed E-state index contributed by atoms with van der Waals surface area (Å²) in [4.78, 5) is 3.94. The normalized spacial score (nSPS) is 9.69. The Morgan fingerprint density at radius 1 is 0.938 bits per heavy atom. The van der Waals surface area contributed by atoms with Gasteiger partial charge in [-0.2, -0.15) is 0 Å². The number of nitrogens with zero attached hydrogens (tertiary/aromatic N) is 1. The minimum absolute atomic E-state index is 1.13. The zero-order valence-corrected chi connectivity index (χ0v) is 12.0. The largest absolute Gasteiger partial charge is 0.250 e. The van der Waals surface area contributed by atoms with Crippen LogP contribution in [0.4, 0.5) is 0 Å². The van der Waals surface area contributed by atoms with Gasteiger partial charge in [-0.05, 0) is 6.92 Å². The summed E-state index contributed by atoms with van der Waals surface area (Å²) in [5.74, 6) is 0. The fourth-order valence-electron chi connectivity index (χ4n) is 1.50. The summed E-state index contributed by atoms with van der Waals surface area (Å²) in [6.45, 7) is 6.53. The first kappa shape index (κ1) is 15.6. The van der Waals surface area contributed by atoms with Gasteiger partial charge in [0.05, 0.1) is 5.01 Å². The van der Waals surface area contributed by atoms with Crippen LogP contribution in [0.2, 0.25) is 0 Å². The summed E-state index contributed by atoms with van der Waals surface area (Å²) in [6, 6.07) is 0. The first-order chi connectivity index (χ1) is 7.81. The van der Waals surface area contributed by atoms with Gasteiger partial charge in [0.2, 0.25) is 0 Å². The Bertz CT molecular complexity index is 199. The van der Waals surface area contributed by atoms with Crippen molar-refractivity contribution in [1.29, 1.82) is 0 Å². The standard InChI is InChI=1S/C10H22.C4H5NS/c1-3-5-7-9-10-8-6-4-2;1-4-5-2-3-6-4/h3-10H2,1-2H3;2-3H,1H3. The van der Waals surface area contributed by atoms with E-state index in [1.807, 2.05) is 12.3 Å². The van der Waals surface area contributed by atoms with Crippen LogP contribution in [0.1, 0.15) is 70.2 Å². The van der Waals surface area contributed by atoms with Gasteiger partial charge < -0.3 is 0 Å². The van der Waals surface area contributed by atoms with Crippen LogP contribution in [-0.4, -0.2) is 4.98 Å². The predicted molar refractivity (Wildman–Crippen MR) is 75.1 cm³/mol. The van der Waals surface area contributed by atoms with Gasteiger partial charge in [-0.1, -0.05) is 65.2 Å². The maximum Gasteiger partial charge on any atom is 0.0893 e. The van der Waals surface area contributed by atoms with Gasteiger partial charge in [0, 0.05) is 11.6 Å². The molecule has 0 fully saturated rings. The van der Waals surface area contributed by atoms with Crippen molar-refractivity contribution in [3.8, 4) is 0 Å². The lowest BCUT2D eigenvalue weighted by atomic mass is 10.1. The first-order valence-corrected chi connectivity index (χ1v) is 7.55. The molecule has 0 aromatic carbocycles. The van der Waals surface area contributed by atoms with Crippen LogP contribution >= 0.6 is 11.3 Å². The lowest BCUT2D eigenvalue weighted by Gasteiger charge is -1.97. The minimum Gasteiger partial charge on any atom is -0.250 e. The number of thiazole rings is 1. The summed E-state index contributed by atoms with van der Waals surface area (Å²) in [6.07, 6.45) is 13.3. The number of rotatable bonds is 7. The van der Waals surface area contributed by atoms with Crippen molar-refractivity contribution in [2.75, 3.05) is 0 Å². The number of aromatic nitrogens is 1. The molecule has 1 aromatic heterocycles. The SMILES string of the molecule is CCCCCCCCCC.Cc1nccs1. The molecule has 1 aromatic rings. The minimum atomic E-state index is 1.13. The molecule has 0 radical (unpaired) electrons. The van der Waals surface area contributed by atoms with Crippen molar-refractivity contribution in [2.24, 2.45) is 0 Å². The van der Waals surface area contributed by atoms with Crippen molar-refractivity contribution < 1.29 is 0 Å². The Balaban J connectivity index is 0.000000315. The molecule has 1 rings (SSSR count). The molecule has 0 saturated carbocycles. The van der Waals surface area contributed by atoms with Gasteiger partial charge >= 0.3 is 0 Å². The van der Waals surface area contributed by atoms with Crippen LogP contribution in [-0.2, 0) is 0 Å². The van der Waals surface area contributed by atoms with E-state index in [4.69, 9.17) is 0 Å². The Labute approximate surface area is 105 Å². The summed E-state index contributed by atoms with van der Waals surface area (Å²) in [7, 11) is 0. The van der Waals surface area contributed by atoms with Gasteiger partial charge in [0.1, 0.15) is 0 Å². The van der Waals surface area contributed by atoms with E-state index < -0.39 is 0 Å². The second-order valence-electron chi connectivity index (χ2n) is 4.17. The van der Waals surface area contributed by atoms with E-state index >= 15 is 0 Å². The topological polar surface area (TPSA) is 12.9 Å². The van der Waals surface area contributed by atoms with Gasteiger partial charge in [-0.25, -0.2) is 0 Å². The smallest absolute Gasteiger partial charge is 0.0893 e. The Morgan fingerprint density at radius 3 is 1.69 bits per heavy atom. The Morgan fingerprint density at radius 2 is 1.44 bits per heavy atom. The molecule has 0 atom stereocenters. The van der Waals surface area contributed by atoms with Crippen LogP contribution in [0.3, 0.4) is 0 Å². The lowest BCUT2D eigenvalue weighted by molar-refractivity contribution is 0.585. The zero-order valence-electron chi connectivity index (χ0n) is 11.2. The molecule has 0 spiro atoms. The van der Waals surface area contributed by atoms with Crippen LogP contribution in [0, 0.1) is 6.92 Å². The number of aryl methyl sites for hydroxylation is 1. The highest BCUT2D eigenvalue weighted by atomic mass is 32.1. The highest BCUT2D eigenvalue weighted by Crippen LogP contribution is 2.07. The van der Waals surface area contributed by atoms with Crippen LogP contribution < -0.4 is 0 Å². The fourth-order valence-corrected chi connectivity index (χ4v) is 1.94. The molecular formula is C14H27NS. The maximum absolute atomic E-state index is 3.94. The number of hydrogen-bond donors (Lipinski definition) is 0. The monoisotopic (exact) mass is 241 g/mol. The zero-order chi connectivity index (χ0) is 12.1. The molecule has 0 N–H and O–H groups in total. The quantitative estimate of drug-likeness (QED) is 0.566. The molecule has 1 nitrogen and oxygen atoms in total. The van der Waals surface area contributed by atoms with E-state index in [9.17, 15) is 0 Å². The van der Waals surface area contributed by atoms with E-state index in [1.165, 1.54) is 51.4 Å². The summed E-state index contributed by atoms with van der Waals surface area (Å²) in [5.41, 5.74) is 0. The molecule has 0 bridgehead atoms. The molecule has 0 unspecified atom stereocenters. The highest BCUT2D eigenvalue weighted by molar-refractivity contribution is 7.09. The average molecular weight is 241 g/mol. The van der Waals surface area contributed by atoms with Crippen molar-refractivity contribution in [2.45, 2.75) is 72.1 Å². The van der Waals surface area contributed by atoms with Gasteiger partial charge in [0.15, 0.2) is 0 Å². The van der Waals surface area contributed by atoms with E-state index in [2.05, 4.69) is 18.8 Å². The number of unbranched alkanes of at least 4 members (excludes halogenated alkanes) is 7. The Hall–Kier alpha value is -0.370. The third kappa shape index (κ3) is 11.7. The van der Waals surface area contributed by atoms with E-state index in [1.54, 1.807) is 17.5 Å². The number of hydrogen-bond acceptors (Lipinski definition) is 2. The van der Waals surface area contributed by atoms with Crippen LogP contribution in [0.15, 0.2) is 11.6 Å².